The normalized spacial score (nSPS) is 14.4. The Morgan fingerprint density at radius 1 is 1.42 bits per heavy atom. The molecular formula is C14H25NO4. The number of aliphatic hydroxyl groups is 1. The van der Waals surface area contributed by atoms with Gasteiger partial charge in [-0.15, -0.1) is 6.58 Å². The Morgan fingerprint density at radius 2 is 2.00 bits per heavy atom. The average molecular weight is 271 g/mol. The fourth-order valence-corrected chi connectivity index (χ4v) is 1.46. The van der Waals surface area contributed by atoms with Gasteiger partial charge in [0.1, 0.15) is 5.60 Å². The molecule has 0 fully saturated rings. The van der Waals surface area contributed by atoms with E-state index in [4.69, 9.17) is 9.84 Å². The Bertz CT molecular complexity index is 318. The Morgan fingerprint density at radius 3 is 2.42 bits per heavy atom. The van der Waals surface area contributed by atoms with Gasteiger partial charge in [0, 0.05) is 6.54 Å². The van der Waals surface area contributed by atoms with E-state index in [1.54, 1.807) is 33.8 Å². The van der Waals surface area contributed by atoms with E-state index in [0.29, 0.717) is 6.42 Å². The first kappa shape index (κ1) is 17.6. The number of hydrogen-bond donors (Lipinski definition) is 2. The summed E-state index contributed by atoms with van der Waals surface area (Å²) in [4.78, 5) is 23.6. The molecule has 0 spiro atoms. The maximum absolute atomic E-state index is 11.9. The highest BCUT2D eigenvalue weighted by molar-refractivity contribution is 5.84. The van der Waals surface area contributed by atoms with Crippen molar-refractivity contribution >= 4 is 11.9 Å². The lowest BCUT2D eigenvalue weighted by molar-refractivity contribution is -0.157. The Hall–Kier alpha value is -1.36. The molecule has 2 atom stereocenters. The van der Waals surface area contributed by atoms with Crippen molar-refractivity contribution < 1.29 is 19.4 Å². The van der Waals surface area contributed by atoms with Crippen molar-refractivity contribution in [2.24, 2.45) is 5.92 Å². The molecule has 0 aromatic heterocycles. The lowest BCUT2D eigenvalue weighted by Gasteiger charge is -2.21. The summed E-state index contributed by atoms with van der Waals surface area (Å²) >= 11 is 0. The zero-order chi connectivity index (χ0) is 15.1. The van der Waals surface area contributed by atoms with Crippen molar-refractivity contribution in [3.05, 3.63) is 12.7 Å². The third kappa shape index (κ3) is 9.25. The van der Waals surface area contributed by atoms with Crippen LogP contribution in [0.2, 0.25) is 0 Å². The lowest BCUT2D eigenvalue weighted by atomic mass is 10.00. The molecule has 0 bridgehead atoms. The van der Waals surface area contributed by atoms with E-state index < -0.39 is 23.6 Å². The summed E-state index contributed by atoms with van der Waals surface area (Å²) in [6, 6.07) is 0. The number of allylic oxidation sites excluding steroid dienone is 1. The van der Waals surface area contributed by atoms with Crippen molar-refractivity contribution in [3.63, 3.8) is 0 Å². The van der Waals surface area contributed by atoms with E-state index in [0.717, 1.165) is 0 Å². The molecule has 0 aromatic rings. The number of esters is 1. The van der Waals surface area contributed by atoms with Crippen LogP contribution in [0.15, 0.2) is 12.7 Å². The predicted molar refractivity (Wildman–Crippen MR) is 73.5 cm³/mol. The highest BCUT2D eigenvalue weighted by Crippen LogP contribution is 2.15. The quantitative estimate of drug-likeness (QED) is 0.542. The van der Waals surface area contributed by atoms with Gasteiger partial charge in [-0.05, 0) is 34.1 Å². The van der Waals surface area contributed by atoms with Crippen molar-refractivity contribution in [1.82, 2.24) is 5.32 Å². The van der Waals surface area contributed by atoms with Crippen LogP contribution in [0.3, 0.4) is 0 Å². The molecule has 0 aliphatic rings. The number of aliphatic hydroxyl groups excluding tert-OH is 1. The van der Waals surface area contributed by atoms with Crippen molar-refractivity contribution in [1.29, 1.82) is 0 Å². The molecule has 0 saturated carbocycles. The molecule has 0 aromatic carbocycles. The van der Waals surface area contributed by atoms with Gasteiger partial charge in [0.15, 0.2) is 0 Å². The summed E-state index contributed by atoms with van der Waals surface area (Å²) in [6.07, 6.45) is 1.38. The third-order valence-corrected chi connectivity index (χ3v) is 2.23. The lowest BCUT2D eigenvalue weighted by Crippen LogP contribution is -2.37. The Kier molecular flexibility index (Phi) is 7.37. The summed E-state index contributed by atoms with van der Waals surface area (Å²) in [5, 5.41) is 11.7. The molecule has 0 heterocycles. The van der Waals surface area contributed by atoms with E-state index in [-0.39, 0.29) is 18.9 Å². The molecule has 0 aliphatic heterocycles. The minimum absolute atomic E-state index is 0.00886. The van der Waals surface area contributed by atoms with Crippen LogP contribution in [-0.2, 0) is 14.3 Å². The molecule has 0 rings (SSSR count). The fraction of sp³-hybridized carbons (Fsp3) is 0.714. The minimum Gasteiger partial charge on any atom is -0.460 e. The smallest absolute Gasteiger partial charge is 0.307 e. The average Bonchev–Trinajstić information content (AvgIpc) is 2.22. The largest absolute Gasteiger partial charge is 0.460 e. The number of carbonyl (C=O) groups is 2. The van der Waals surface area contributed by atoms with E-state index in [9.17, 15) is 9.59 Å². The van der Waals surface area contributed by atoms with Crippen LogP contribution in [0.5, 0.6) is 0 Å². The Labute approximate surface area is 115 Å². The summed E-state index contributed by atoms with van der Waals surface area (Å²) in [5.74, 6) is -1.19. The standard InChI is InChI=1S/C14H25NO4/c1-6-7-11(13(18)15-9-10(2)16)8-12(17)19-14(3,4)5/h6,10-11,16H,1,7-9H2,2-5H3,(H,15,18). The topological polar surface area (TPSA) is 75.6 Å². The van der Waals surface area contributed by atoms with Gasteiger partial charge < -0.3 is 15.2 Å². The zero-order valence-electron chi connectivity index (χ0n) is 12.2. The number of amides is 1. The number of hydrogen-bond acceptors (Lipinski definition) is 4. The molecule has 0 saturated heterocycles. The molecular weight excluding hydrogens is 246 g/mol. The maximum atomic E-state index is 11.9. The fourth-order valence-electron chi connectivity index (χ4n) is 1.46. The van der Waals surface area contributed by atoms with Crippen molar-refractivity contribution in [2.75, 3.05) is 6.54 Å². The van der Waals surface area contributed by atoms with E-state index in [1.807, 2.05) is 0 Å². The monoisotopic (exact) mass is 271 g/mol. The highest BCUT2D eigenvalue weighted by atomic mass is 16.6. The SMILES string of the molecule is C=CCC(CC(=O)OC(C)(C)C)C(=O)NCC(C)O. The Balaban J connectivity index is 4.43. The first-order valence-corrected chi connectivity index (χ1v) is 6.44. The van der Waals surface area contributed by atoms with Crippen molar-refractivity contribution in [2.45, 2.75) is 52.2 Å². The zero-order valence-corrected chi connectivity index (χ0v) is 12.2. The van der Waals surface area contributed by atoms with Crippen LogP contribution in [0.25, 0.3) is 0 Å². The maximum Gasteiger partial charge on any atom is 0.307 e. The van der Waals surface area contributed by atoms with E-state index in [2.05, 4.69) is 11.9 Å². The molecule has 110 valence electrons. The number of rotatable bonds is 7. The second-order valence-corrected chi connectivity index (χ2v) is 5.61. The van der Waals surface area contributed by atoms with Gasteiger partial charge in [0.25, 0.3) is 0 Å². The predicted octanol–water partition coefficient (Wildman–Crippen LogP) is 1.41. The van der Waals surface area contributed by atoms with Gasteiger partial charge in [-0.25, -0.2) is 0 Å². The molecule has 0 radical (unpaired) electrons. The second-order valence-electron chi connectivity index (χ2n) is 5.61. The van der Waals surface area contributed by atoms with Crippen molar-refractivity contribution in [3.8, 4) is 0 Å². The van der Waals surface area contributed by atoms with Gasteiger partial charge in [-0.1, -0.05) is 6.08 Å². The molecule has 2 N–H and O–H groups in total. The van der Waals surface area contributed by atoms with Crippen LogP contribution in [0.1, 0.15) is 40.5 Å². The minimum atomic E-state index is -0.616. The second kappa shape index (κ2) is 7.94. The summed E-state index contributed by atoms with van der Waals surface area (Å²) < 4.78 is 5.19. The third-order valence-electron chi connectivity index (χ3n) is 2.23. The van der Waals surface area contributed by atoms with Crippen LogP contribution in [0, 0.1) is 5.92 Å². The van der Waals surface area contributed by atoms with E-state index in [1.165, 1.54) is 0 Å². The molecule has 1 amide bonds. The van der Waals surface area contributed by atoms with Gasteiger partial charge in [-0.2, -0.15) is 0 Å². The van der Waals surface area contributed by atoms with Crippen LogP contribution in [0.4, 0.5) is 0 Å². The van der Waals surface area contributed by atoms with Crippen LogP contribution < -0.4 is 5.32 Å². The van der Waals surface area contributed by atoms with Crippen LogP contribution in [-0.4, -0.2) is 35.2 Å². The number of ether oxygens (including phenoxy) is 1. The summed E-state index contributed by atoms with van der Waals surface area (Å²) in [7, 11) is 0. The van der Waals surface area contributed by atoms with Gasteiger partial charge >= 0.3 is 5.97 Å². The van der Waals surface area contributed by atoms with E-state index >= 15 is 0 Å². The first-order valence-electron chi connectivity index (χ1n) is 6.44. The number of nitrogens with one attached hydrogen (secondary N) is 1. The van der Waals surface area contributed by atoms with Gasteiger partial charge in [-0.3, -0.25) is 9.59 Å². The molecule has 2 unspecified atom stereocenters. The van der Waals surface area contributed by atoms with Gasteiger partial charge in [0.05, 0.1) is 18.4 Å². The van der Waals surface area contributed by atoms with Crippen LogP contribution >= 0.6 is 0 Å². The summed E-state index contributed by atoms with van der Waals surface area (Å²) in [6.45, 7) is 10.7. The molecule has 5 heteroatoms. The first-order chi connectivity index (χ1) is 8.65. The number of carbonyl (C=O) groups excluding carboxylic acids is 2. The molecule has 5 nitrogen and oxygen atoms in total. The summed E-state index contributed by atoms with van der Waals surface area (Å²) in [5.41, 5.74) is -0.564. The molecule has 19 heavy (non-hydrogen) atoms. The highest BCUT2D eigenvalue weighted by Gasteiger charge is 2.24. The van der Waals surface area contributed by atoms with Gasteiger partial charge in [0.2, 0.25) is 5.91 Å². The molecule has 0 aliphatic carbocycles.